The molecule has 0 aromatic rings. The van der Waals surface area contributed by atoms with Gasteiger partial charge in [-0.25, -0.2) is 4.57 Å². The van der Waals surface area contributed by atoms with Gasteiger partial charge in [0.15, 0.2) is 6.10 Å². The Kier molecular flexibility index (Phi) is 73.5. The Morgan fingerprint density at radius 2 is 0.591 bits per heavy atom. The quantitative estimate of drug-likeness (QED) is 0.0264. The van der Waals surface area contributed by atoms with Crippen LogP contribution in [0.5, 0.6) is 0 Å². The number of nitrogens with two attached hydrogens (primary N) is 1. The highest BCUT2D eigenvalue weighted by molar-refractivity contribution is 7.47. The maximum Gasteiger partial charge on any atom is 0.472 e. The van der Waals surface area contributed by atoms with Crippen molar-refractivity contribution in [1.29, 1.82) is 0 Å². The van der Waals surface area contributed by atoms with Crippen molar-refractivity contribution in [3.8, 4) is 0 Å². The first kappa shape index (κ1) is 88.9. The second-order valence-electron chi connectivity index (χ2n) is 25.1. The van der Waals surface area contributed by atoms with Gasteiger partial charge in [-0.1, -0.05) is 346 Å². The lowest BCUT2D eigenvalue weighted by Gasteiger charge is -2.19. The van der Waals surface area contributed by atoms with E-state index in [2.05, 4.69) is 160 Å². The van der Waals surface area contributed by atoms with Crippen LogP contribution in [-0.4, -0.2) is 49.3 Å². The van der Waals surface area contributed by atoms with E-state index >= 15 is 0 Å². The van der Waals surface area contributed by atoms with E-state index in [4.69, 9.17) is 24.3 Å². The molecule has 0 aromatic carbocycles. The van der Waals surface area contributed by atoms with Crippen molar-refractivity contribution in [2.24, 2.45) is 5.73 Å². The number of hydrogen-bond acceptors (Lipinski definition) is 8. The summed E-state index contributed by atoms with van der Waals surface area (Å²) in [6.07, 6.45) is 111. The van der Waals surface area contributed by atoms with E-state index in [1.807, 2.05) is 0 Å². The van der Waals surface area contributed by atoms with Gasteiger partial charge in [-0.2, -0.15) is 0 Å². The first-order chi connectivity index (χ1) is 45.8. The summed E-state index contributed by atoms with van der Waals surface area (Å²) in [7, 11) is -4.40. The van der Waals surface area contributed by atoms with Gasteiger partial charge in [0, 0.05) is 19.4 Å². The molecule has 0 spiro atoms. The molecule has 0 amide bonds. The third-order valence-electron chi connectivity index (χ3n) is 16.2. The van der Waals surface area contributed by atoms with Crippen molar-refractivity contribution in [3.63, 3.8) is 0 Å². The fraction of sp³-hybridized carbons (Fsp3) is 0.687. The number of rotatable bonds is 71. The molecule has 10 heteroatoms. The SMILES string of the molecule is CC/C=C\C/C=C\C/C=C\C/C=C\C/C=C\C/C=C\C/C=C\C/C=C\C/C=C\CCCCCCCCCCCCCC(=O)OC(COC(=O)CCCCCCCCCCCCCCCCCCCC/C=C\C/C=C\C/C=C\CCCCCCC)COP(=O)(O)OCCN. The molecule has 0 aliphatic rings. The average molecular weight is 1310 g/mol. The highest BCUT2D eigenvalue weighted by Gasteiger charge is 2.26. The van der Waals surface area contributed by atoms with Crippen molar-refractivity contribution in [2.75, 3.05) is 26.4 Å². The largest absolute Gasteiger partial charge is 0.472 e. The minimum atomic E-state index is -4.40. The molecule has 0 rings (SSSR count). The molecular weight excluding hydrogens is 1170 g/mol. The maximum absolute atomic E-state index is 12.8. The van der Waals surface area contributed by atoms with Crippen LogP contribution in [-0.2, 0) is 32.7 Å². The number of allylic oxidation sites excluding steroid dienone is 24. The summed E-state index contributed by atoms with van der Waals surface area (Å²) in [5.41, 5.74) is 5.41. The number of phosphoric acid groups is 1. The predicted molar refractivity (Wildman–Crippen MR) is 404 cm³/mol. The number of hydrogen-bond donors (Lipinski definition) is 2. The third kappa shape index (κ3) is 76.8. The molecule has 2 unspecified atom stereocenters. The van der Waals surface area contributed by atoms with Gasteiger partial charge < -0.3 is 20.1 Å². The van der Waals surface area contributed by atoms with Gasteiger partial charge in [0.2, 0.25) is 0 Å². The molecule has 0 bridgehead atoms. The van der Waals surface area contributed by atoms with E-state index in [9.17, 15) is 19.0 Å². The minimum Gasteiger partial charge on any atom is -0.462 e. The Balaban J connectivity index is 3.89. The van der Waals surface area contributed by atoms with Crippen LogP contribution < -0.4 is 5.73 Å². The summed E-state index contributed by atoms with van der Waals surface area (Å²) < 4.78 is 33.2. The van der Waals surface area contributed by atoms with Crippen LogP contribution in [0.2, 0.25) is 0 Å². The molecule has 93 heavy (non-hydrogen) atoms. The van der Waals surface area contributed by atoms with Crippen LogP contribution in [0.25, 0.3) is 0 Å². The van der Waals surface area contributed by atoms with Crippen LogP contribution in [0.15, 0.2) is 146 Å². The molecule has 0 heterocycles. The van der Waals surface area contributed by atoms with Gasteiger partial charge >= 0.3 is 19.8 Å². The van der Waals surface area contributed by atoms with E-state index in [1.165, 1.54) is 186 Å². The zero-order valence-electron chi connectivity index (χ0n) is 59.9. The Labute approximate surface area is 573 Å². The monoisotopic (exact) mass is 1310 g/mol. The lowest BCUT2D eigenvalue weighted by Crippen LogP contribution is -2.29. The number of carbonyl (C=O) groups excluding carboxylic acids is 2. The fourth-order valence-corrected chi connectivity index (χ4v) is 11.3. The summed E-state index contributed by atoms with van der Waals surface area (Å²) >= 11 is 0. The summed E-state index contributed by atoms with van der Waals surface area (Å²) in [6, 6.07) is 0. The van der Waals surface area contributed by atoms with Crippen molar-refractivity contribution >= 4 is 19.8 Å². The Hall–Kier alpha value is -4.11. The highest BCUT2D eigenvalue weighted by atomic mass is 31.2. The van der Waals surface area contributed by atoms with Crippen LogP contribution in [0.3, 0.4) is 0 Å². The normalized spacial score (nSPS) is 13.7. The molecule has 0 saturated carbocycles. The number of ether oxygens (including phenoxy) is 2. The van der Waals surface area contributed by atoms with E-state index < -0.39 is 26.5 Å². The van der Waals surface area contributed by atoms with E-state index in [0.29, 0.717) is 6.42 Å². The number of phosphoric ester groups is 1. The van der Waals surface area contributed by atoms with E-state index in [0.717, 1.165) is 116 Å². The molecule has 3 N–H and O–H groups in total. The topological polar surface area (TPSA) is 134 Å². The van der Waals surface area contributed by atoms with Crippen molar-refractivity contribution in [1.82, 2.24) is 0 Å². The summed E-state index contributed by atoms with van der Waals surface area (Å²) in [4.78, 5) is 35.4. The highest BCUT2D eigenvalue weighted by Crippen LogP contribution is 2.43. The van der Waals surface area contributed by atoms with Crippen molar-refractivity contribution in [3.05, 3.63) is 146 Å². The van der Waals surface area contributed by atoms with Gasteiger partial charge in [0.05, 0.1) is 13.2 Å². The molecule has 0 radical (unpaired) electrons. The summed E-state index contributed by atoms with van der Waals surface area (Å²) in [6.45, 7) is 3.64. The smallest absolute Gasteiger partial charge is 0.462 e. The van der Waals surface area contributed by atoms with Crippen LogP contribution in [0.1, 0.15) is 335 Å². The first-order valence-electron chi connectivity index (χ1n) is 38.3. The standard InChI is InChI=1S/C83H142NO8P/c1-3-5-7-9-11-13-15-17-19-21-23-25-27-29-31-33-35-37-38-39-40-41-42-44-46-48-50-52-54-56-58-60-62-64-66-68-70-72-74-76-83(86)92-81(80-91-93(87,88)90-78-77-84)79-89-82(85)75-73-71-69-67-65-63-61-59-57-55-53-51-49-47-45-43-36-34-32-30-28-26-24-22-20-18-16-14-12-10-8-6-4-2/h5,7,11,13,16-19,22-25,28-31,35,37,39-40,42,44,48,50,81H,3-4,6,8-10,12,14-15,20-21,26-27,32-34,36,38,41,43,45-47,49,51-80,84H2,1-2H3,(H,87,88)/b7-5-,13-11-,18-16-,19-17-,24-22-,25-23-,30-28-,31-29-,37-35-,40-39-,44-42-,50-48-. The molecule has 0 fully saturated rings. The lowest BCUT2D eigenvalue weighted by molar-refractivity contribution is -0.161. The lowest BCUT2D eigenvalue weighted by atomic mass is 10.0. The molecule has 532 valence electrons. The van der Waals surface area contributed by atoms with Gasteiger partial charge in [0.25, 0.3) is 0 Å². The van der Waals surface area contributed by atoms with E-state index in [-0.39, 0.29) is 38.6 Å². The molecule has 2 atom stereocenters. The van der Waals surface area contributed by atoms with Crippen molar-refractivity contribution < 1.29 is 37.6 Å². The molecule has 0 aliphatic carbocycles. The number of esters is 2. The van der Waals surface area contributed by atoms with Crippen molar-refractivity contribution in [2.45, 2.75) is 341 Å². The Bertz CT molecular complexity index is 2040. The first-order valence-corrected chi connectivity index (χ1v) is 39.8. The van der Waals surface area contributed by atoms with Crippen LogP contribution >= 0.6 is 7.82 Å². The third-order valence-corrected chi connectivity index (χ3v) is 17.2. The Morgan fingerprint density at radius 1 is 0.333 bits per heavy atom. The Morgan fingerprint density at radius 3 is 0.882 bits per heavy atom. The molecular formula is C83H142NO8P. The van der Waals surface area contributed by atoms with Crippen LogP contribution in [0.4, 0.5) is 0 Å². The van der Waals surface area contributed by atoms with Gasteiger partial charge in [-0.15, -0.1) is 0 Å². The zero-order chi connectivity index (χ0) is 67.2. The molecule has 0 aromatic heterocycles. The second kappa shape index (κ2) is 76.9. The fourth-order valence-electron chi connectivity index (χ4n) is 10.6. The summed E-state index contributed by atoms with van der Waals surface area (Å²) in [5, 5.41) is 0. The predicted octanol–water partition coefficient (Wildman–Crippen LogP) is 25.8. The molecule has 0 saturated heterocycles. The number of carbonyl (C=O) groups is 2. The average Bonchev–Trinajstić information content (AvgIpc) is 3.60. The zero-order valence-corrected chi connectivity index (χ0v) is 60.8. The van der Waals surface area contributed by atoms with Gasteiger partial charge in [0.1, 0.15) is 6.61 Å². The minimum absolute atomic E-state index is 0.0481. The number of unbranched alkanes of at least 4 members (excludes halogenated alkanes) is 34. The van der Waals surface area contributed by atoms with Gasteiger partial charge in [-0.05, 0) is 122 Å². The summed E-state index contributed by atoms with van der Waals surface area (Å²) in [5.74, 6) is -0.827. The molecule has 0 aliphatic heterocycles. The van der Waals surface area contributed by atoms with Crippen LogP contribution in [0, 0.1) is 0 Å². The second-order valence-corrected chi connectivity index (χ2v) is 26.6. The maximum atomic E-state index is 12.8. The van der Waals surface area contributed by atoms with Gasteiger partial charge in [-0.3, -0.25) is 18.6 Å². The molecule has 9 nitrogen and oxygen atoms in total. The van der Waals surface area contributed by atoms with E-state index in [1.54, 1.807) is 0 Å².